The molecule has 0 saturated carbocycles. The SMILES string of the molecule is Cc1ccsc1C=C(C#N)S(=O)(=O)c1ccccc1. The van der Waals surface area contributed by atoms with E-state index in [0.717, 1.165) is 10.4 Å². The maximum Gasteiger partial charge on any atom is 0.216 e. The second kappa shape index (κ2) is 5.39. The molecule has 5 heteroatoms. The first-order valence-corrected chi connectivity index (χ1v) is 7.88. The number of nitrogens with zero attached hydrogens (tertiary/aromatic N) is 1. The van der Waals surface area contributed by atoms with Crippen LogP contribution in [0, 0.1) is 18.3 Å². The average molecular weight is 289 g/mol. The molecule has 0 atom stereocenters. The average Bonchev–Trinajstić information content (AvgIpc) is 2.82. The Labute approximate surface area is 116 Å². The molecule has 0 aliphatic carbocycles. The first-order chi connectivity index (χ1) is 9.05. The normalized spacial score (nSPS) is 12.1. The lowest BCUT2D eigenvalue weighted by atomic mass is 10.3. The van der Waals surface area contributed by atoms with Crippen molar-refractivity contribution in [3.05, 3.63) is 57.1 Å². The predicted molar refractivity (Wildman–Crippen MR) is 76.3 cm³/mol. The first-order valence-electron chi connectivity index (χ1n) is 5.52. The number of thiophene rings is 1. The topological polar surface area (TPSA) is 57.9 Å². The zero-order valence-electron chi connectivity index (χ0n) is 10.2. The van der Waals surface area contributed by atoms with E-state index in [9.17, 15) is 8.42 Å². The summed E-state index contributed by atoms with van der Waals surface area (Å²) >= 11 is 1.41. The van der Waals surface area contributed by atoms with Gasteiger partial charge < -0.3 is 0 Å². The minimum Gasteiger partial charge on any atom is -0.218 e. The Hall–Kier alpha value is -1.90. The van der Waals surface area contributed by atoms with Gasteiger partial charge in [0, 0.05) is 4.88 Å². The Balaban J connectivity index is 2.53. The fourth-order valence-electron chi connectivity index (χ4n) is 1.55. The van der Waals surface area contributed by atoms with Crippen LogP contribution in [0.1, 0.15) is 10.4 Å². The summed E-state index contributed by atoms with van der Waals surface area (Å²) in [4.78, 5) is 0.692. The molecular weight excluding hydrogens is 278 g/mol. The highest BCUT2D eigenvalue weighted by atomic mass is 32.2. The number of allylic oxidation sites excluding steroid dienone is 1. The van der Waals surface area contributed by atoms with Crippen molar-refractivity contribution in [2.75, 3.05) is 0 Å². The number of rotatable bonds is 3. The molecule has 19 heavy (non-hydrogen) atoms. The van der Waals surface area contributed by atoms with Gasteiger partial charge in [0.05, 0.1) is 4.90 Å². The van der Waals surface area contributed by atoms with Crippen molar-refractivity contribution in [1.29, 1.82) is 5.26 Å². The van der Waals surface area contributed by atoms with Crippen LogP contribution in [0.15, 0.2) is 51.6 Å². The summed E-state index contributed by atoms with van der Waals surface area (Å²) in [5.74, 6) is 0. The second-order valence-electron chi connectivity index (χ2n) is 3.90. The van der Waals surface area contributed by atoms with Crippen molar-refractivity contribution in [2.24, 2.45) is 0 Å². The summed E-state index contributed by atoms with van der Waals surface area (Å²) in [5.41, 5.74) is 0.959. The summed E-state index contributed by atoms with van der Waals surface area (Å²) in [6, 6.07) is 11.7. The van der Waals surface area contributed by atoms with Gasteiger partial charge in [-0.2, -0.15) is 5.26 Å². The van der Waals surface area contributed by atoms with E-state index < -0.39 is 9.84 Å². The molecular formula is C14H11NO2S2. The highest BCUT2D eigenvalue weighted by Crippen LogP contribution is 2.24. The molecule has 0 aliphatic heterocycles. The van der Waals surface area contributed by atoms with Gasteiger partial charge in [0.25, 0.3) is 0 Å². The Morgan fingerprint density at radius 3 is 2.47 bits per heavy atom. The molecule has 0 unspecified atom stereocenters. The van der Waals surface area contributed by atoms with Gasteiger partial charge in [-0.1, -0.05) is 18.2 Å². The molecule has 0 saturated heterocycles. The third-order valence-corrected chi connectivity index (χ3v) is 5.26. The van der Waals surface area contributed by atoms with Crippen LogP contribution in [-0.4, -0.2) is 8.42 Å². The molecule has 2 aromatic rings. The van der Waals surface area contributed by atoms with Crippen molar-refractivity contribution in [1.82, 2.24) is 0 Å². The molecule has 0 spiro atoms. The summed E-state index contributed by atoms with van der Waals surface area (Å²) in [5, 5.41) is 11.0. The predicted octanol–water partition coefficient (Wildman–Crippen LogP) is 3.39. The van der Waals surface area contributed by atoms with Crippen LogP contribution in [0.5, 0.6) is 0 Å². The van der Waals surface area contributed by atoms with Crippen LogP contribution in [0.25, 0.3) is 6.08 Å². The van der Waals surface area contributed by atoms with Gasteiger partial charge >= 0.3 is 0 Å². The third-order valence-electron chi connectivity index (χ3n) is 2.62. The first kappa shape index (κ1) is 13.5. The standard InChI is InChI=1S/C14H11NO2S2/c1-11-7-8-18-14(11)9-13(10-15)19(16,17)12-5-3-2-4-6-12/h2-9H,1H3. The van der Waals surface area contributed by atoms with E-state index in [1.807, 2.05) is 18.4 Å². The number of benzene rings is 1. The summed E-state index contributed by atoms with van der Waals surface area (Å²) in [6.45, 7) is 1.88. The number of hydrogen-bond donors (Lipinski definition) is 0. The van der Waals surface area contributed by atoms with Crippen LogP contribution in [-0.2, 0) is 9.84 Å². The van der Waals surface area contributed by atoms with E-state index in [1.165, 1.54) is 29.5 Å². The Bertz CT molecular complexity index is 750. The molecule has 0 bridgehead atoms. The van der Waals surface area contributed by atoms with Gasteiger partial charge in [-0.15, -0.1) is 11.3 Å². The lowest BCUT2D eigenvalue weighted by Gasteiger charge is -2.02. The fourth-order valence-corrected chi connectivity index (χ4v) is 3.64. The largest absolute Gasteiger partial charge is 0.218 e. The Morgan fingerprint density at radius 2 is 1.95 bits per heavy atom. The van der Waals surface area contributed by atoms with Crippen molar-refractivity contribution >= 4 is 27.3 Å². The molecule has 2 rings (SSSR count). The van der Waals surface area contributed by atoms with Gasteiger partial charge in [-0.25, -0.2) is 8.42 Å². The lowest BCUT2D eigenvalue weighted by Crippen LogP contribution is -2.03. The quantitative estimate of drug-likeness (QED) is 0.814. The van der Waals surface area contributed by atoms with Crippen LogP contribution in [0.4, 0.5) is 0 Å². The fraction of sp³-hybridized carbons (Fsp3) is 0.0714. The van der Waals surface area contributed by atoms with E-state index in [-0.39, 0.29) is 9.80 Å². The minimum absolute atomic E-state index is 0.136. The van der Waals surface area contributed by atoms with E-state index in [1.54, 1.807) is 24.3 Å². The van der Waals surface area contributed by atoms with Crippen LogP contribution >= 0.6 is 11.3 Å². The summed E-state index contributed by atoms with van der Waals surface area (Å²) in [6.07, 6.45) is 1.43. The molecule has 3 nitrogen and oxygen atoms in total. The molecule has 0 N–H and O–H groups in total. The number of sulfone groups is 1. The van der Waals surface area contributed by atoms with Crippen LogP contribution in [0.2, 0.25) is 0 Å². The monoisotopic (exact) mass is 289 g/mol. The highest BCUT2D eigenvalue weighted by Gasteiger charge is 2.20. The van der Waals surface area contributed by atoms with E-state index in [0.29, 0.717) is 0 Å². The van der Waals surface area contributed by atoms with Gasteiger partial charge in [0.15, 0.2) is 4.91 Å². The van der Waals surface area contributed by atoms with Crippen molar-refractivity contribution in [3.63, 3.8) is 0 Å². The number of nitriles is 1. The third kappa shape index (κ3) is 2.75. The Kier molecular flexibility index (Phi) is 3.84. The zero-order valence-corrected chi connectivity index (χ0v) is 11.8. The summed E-state index contributed by atoms with van der Waals surface area (Å²) < 4.78 is 24.6. The minimum atomic E-state index is -3.74. The molecule has 0 radical (unpaired) electrons. The van der Waals surface area contributed by atoms with E-state index in [2.05, 4.69) is 0 Å². The molecule has 1 aromatic carbocycles. The molecule has 1 heterocycles. The van der Waals surface area contributed by atoms with Gasteiger partial charge in [0.2, 0.25) is 9.84 Å². The van der Waals surface area contributed by atoms with Gasteiger partial charge in [0.1, 0.15) is 6.07 Å². The van der Waals surface area contributed by atoms with Crippen LogP contribution < -0.4 is 0 Å². The van der Waals surface area contributed by atoms with Crippen LogP contribution in [0.3, 0.4) is 0 Å². The van der Waals surface area contributed by atoms with Crippen molar-refractivity contribution < 1.29 is 8.42 Å². The van der Waals surface area contributed by atoms with Crippen molar-refractivity contribution in [3.8, 4) is 6.07 Å². The number of hydrogen-bond acceptors (Lipinski definition) is 4. The zero-order chi connectivity index (χ0) is 13.9. The highest BCUT2D eigenvalue weighted by molar-refractivity contribution is 7.95. The number of aryl methyl sites for hydroxylation is 1. The van der Waals surface area contributed by atoms with Gasteiger partial charge in [-0.3, -0.25) is 0 Å². The molecule has 0 aliphatic rings. The molecule has 1 aromatic heterocycles. The smallest absolute Gasteiger partial charge is 0.216 e. The Morgan fingerprint density at radius 1 is 1.26 bits per heavy atom. The second-order valence-corrected chi connectivity index (χ2v) is 6.77. The van der Waals surface area contributed by atoms with Gasteiger partial charge in [-0.05, 0) is 42.1 Å². The van der Waals surface area contributed by atoms with Crippen molar-refractivity contribution in [2.45, 2.75) is 11.8 Å². The maximum absolute atomic E-state index is 12.3. The van der Waals surface area contributed by atoms with E-state index in [4.69, 9.17) is 5.26 Å². The summed E-state index contributed by atoms with van der Waals surface area (Å²) in [7, 11) is -3.74. The van der Waals surface area contributed by atoms with E-state index >= 15 is 0 Å². The molecule has 96 valence electrons. The molecule has 0 fully saturated rings. The maximum atomic E-state index is 12.3. The molecule has 0 amide bonds. The lowest BCUT2D eigenvalue weighted by molar-refractivity contribution is 0.603.